The lowest BCUT2D eigenvalue weighted by Crippen LogP contribution is -2.50. The third-order valence-corrected chi connectivity index (χ3v) is 9.75. The van der Waals surface area contributed by atoms with Gasteiger partial charge < -0.3 is 25.8 Å². The van der Waals surface area contributed by atoms with Gasteiger partial charge in [0.05, 0.1) is 19.1 Å². The van der Waals surface area contributed by atoms with Crippen molar-refractivity contribution in [1.29, 1.82) is 0 Å². The molecule has 3 aromatic carbocycles. The van der Waals surface area contributed by atoms with Gasteiger partial charge >= 0.3 is 12.1 Å². The molecule has 0 fully saturated rings. The van der Waals surface area contributed by atoms with Crippen LogP contribution >= 0.6 is 0 Å². The predicted molar refractivity (Wildman–Crippen MR) is 181 cm³/mol. The van der Waals surface area contributed by atoms with Gasteiger partial charge in [-0.05, 0) is 67.0 Å². The molecule has 2 atom stereocenters. The van der Waals surface area contributed by atoms with E-state index in [-0.39, 0.29) is 30.3 Å². The molecule has 254 valence electrons. The number of nitrogens with zero attached hydrogens (tertiary/aromatic N) is 1. The van der Waals surface area contributed by atoms with Crippen molar-refractivity contribution in [3.8, 4) is 0 Å². The van der Waals surface area contributed by atoms with Gasteiger partial charge in [-0.15, -0.1) is 0 Å². The first-order valence-corrected chi connectivity index (χ1v) is 17.1. The van der Waals surface area contributed by atoms with E-state index in [0.717, 1.165) is 11.1 Å². The van der Waals surface area contributed by atoms with Crippen molar-refractivity contribution in [2.24, 2.45) is 5.92 Å². The van der Waals surface area contributed by atoms with Crippen molar-refractivity contribution in [3.05, 3.63) is 96.1 Å². The quantitative estimate of drug-likeness (QED) is 0.106. The van der Waals surface area contributed by atoms with E-state index in [4.69, 9.17) is 15.2 Å². The minimum atomic E-state index is -4.06. The molecular formula is C35H46N4O7S. The highest BCUT2D eigenvalue weighted by atomic mass is 32.2. The van der Waals surface area contributed by atoms with Crippen molar-refractivity contribution in [3.63, 3.8) is 0 Å². The van der Waals surface area contributed by atoms with Crippen LogP contribution in [0.2, 0.25) is 0 Å². The normalized spacial score (nSPS) is 12.8. The number of unbranched alkanes of at least 4 members (excludes halogenated alkanes) is 1. The van der Waals surface area contributed by atoms with Crippen molar-refractivity contribution in [2.75, 3.05) is 33.0 Å². The molecule has 4 N–H and O–H groups in total. The van der Waals surface area contributed by atoms with E-state index in [9.17, 15) is 22.8 Å². The third-order valence-electron chi connectivity index (χ3n) is 7.83. The molecule has 2 unspecified atom stereocenters. The van der Waals surface area contributed by atoms with E-state index in [1.54, 1.807) is 0 Å². The summed E-state index contributed by atoms with van der Waals surface area (Å²) in [5.41, 5.74) is 7.87. The second-order valence-corrected chi connectivity index (χ2v) is 13.5. The van der Waals surface area contributed by atoms with Crippen molar-refractivity contribution in [1.82, 2.24) is 14.9 Å². The number of carbonyl (C=O) groups is 3. The number of nitrogens with one attached hydrogen (secondary N) is 2. The highest BCUT2D eigenvalue weighted by molar-refractivity contribution is 7.89. The van der Waals surface area contributed by atoms with Gasteiger partial charge in [0.1, 0.15) is 12.1 Å². The van der Waals surface area contributed by atoms with Gasteiger partial charge in [-0.25, -0.2) is 13.2 Å². The summed E-state index contributed by atoms with van der Waals surface area (Å²) in [6.45, 7) is 4.31. The number of carbonyl (C=O) groups excluding carboxylic acids is 3. The van der Waals surface area contributed by atoms with E-state index < -0.39 is 46.0 Å². The number of hydrogen-bond acceptors (Lipinski definition) is 8. The Kier molecular flexibility index (Phi) is 14.2. The zero-order valence-corrected chi connectivity index (χ0v) is 28.2. The Bertz CT molecular complexity index is 1500. The van der Waals surface area contributed by atoms with Gasteiger partial charge in [-0.1, -0.05) is 74.5 Å². The summed E-state index contributed by atoms with van der Waals surface area (Å²) >= 11 is 0. The molecule has 0 aliphatic carbocycles. The first kappa shape index (κ1) is 37.0. The van der Waals surface area contributed by atoms with Crippen molar-refractivity contribution < 1.29 is 32.3 Å². The highest BCUT2D eigenvalue weighted by Gasteiger charge is 2.36. The number of rotatable bonds is 17. The topological polar surface area (TPSA) is 157 Å². The first-order chi connectivity index (χ1) is 22.5. The minimum absolute atomic E-state index is 0.0344. The molecular weight excluding hydrogens is 620 g/mol. The van der Waals surface area contributed by atoms with Crippen LogP contribution in [0.3, 0.4) is 0 Å². The monoisotopic (exact) mass is 666 g/mol. The lowest BCUT2D eigenvalue weighted by atomic mass is 9.84. The molecule has 11 nitrogen and oxygen atoms in total. The summed E-state index contributed by atoms with van der Waals surface area (Å²) in [6.07, 6.45) is 0.814. The number of esters is 1. The van der Waals surface area contributed by atoms with Crippen molar-refractivity contribution in [2.45, 2.75) is 62.4 Å². The Balaban J connectivity index is 1.76. The van der Waals surface area contributed by atoms with Gasteiger partial charge in [0, 0.05) is 24.7 Å². The van der Waals surface area contributed by atoms with Crippen LogP contribution in [-0.4, -0.2) is 70.1 Å². The van der Waals surface area contributed by atoms with E-state index in [2.05, 4.69) is 10.6 Å². The summed E-state index contributed by atoms with van der Waals surface area (Å²) in [5.74, 6) is -1.39. The Labute approximate surface area is 277 Å². The number of hydrogen-bond donors (Lipinski definition) is 3. The number of anilines is 1. The van der Waals surface area contributed by atoms with Crippen LogP contribution in [0.5, 0.6) is 0 Å². The van der Waals surface area contributed by atoms with Gasteiger partial charge in [-0.2, -0.15) is 4.31 Å². The number of nitrogens with two attached hydrogens (primary N) is 1. The van der Waals surface area contributed by atoms with Crippen LogP contribution in [0.4, 0.5) is 10.5 Å². The van der Waals surface area contributed by atoms with Crippen LogP contribution in [0.25, 0.3) is 0 Å². The number of methoxy groups -OCH3 is 2. The zero-order chi connectivity index (χ0) is 34.4. The lowest BCUT2D eigenvalue weighted by Gasteiger charge is -2.30. The van der Waals surface area contributed by atoms with Gasteiger partial charge in [0.15, 0.2) is 0 Å². The van der Waals surface area contributed by atoms with Gasteiger partial charge in [-0.3, -0.25) is 9.59 Å². The fourth-order valence-electron chi connectivity index (χ4n) is 5.29. The second-order valence-electron chi connectivity index (χ2n) is 11.6. The molecule has 0 saturated heterocycles. The SMILES string of the molecule is COC(=O)NC(C(=O)NCCCCC(C(=O)OC)N(CCC(C)C)S(=O)(=O)c1ccc(N)cc1)C(c1ccccc1)c1ccccc1. The maximum atomic E-state index is 13.8. The highest BCUT2D eigenvalue weighted by Crippen LogP contribution is 2.29. The van der Waals surface area contributed by atoms with Crippen LogP contribution in [0, 0.1) is 5.92 Å². The number of sulfonamides is 1. The van der Waals surface area contributed by atoms with Gasteiger partial charge in [0.2, 0.25) is 15.9 Å². The van der Waals surface area contributed by atoms with E-state index >= 15 is 0 Å². The average molecular weight is 667 g/mol. The number of alkyl carbamates (subject to hydrolysis) is 1. The fourth-order valence-corrected chi connectivity index (χ4v) is 6.91. The summed E-state index contributed by atoms with van der Waals surface area (Å²) in [6, 6.07) is 22.6. The molecule has 12 heteroatoms. The smallest absolute Gasteiger partial charge is 0.407 e. The Hall–Kier alpha value is -4.42. The van der Waals surface area contributed by atoms with Crippen LogP contribution in [0.15, 0.2) is 89.8 Å². The number of nitrogen functional groups attached to an aromatic ring is 1. The number of ether oxygens (including phenoxy) is 2. The first-order valence-electron chi connectivity index (χ1n) is 15.7. The zero-order valence-electron chi connectivity index (χ0n) is 27.4. The van der Waals surface area contributed by atoms with Crippen LogP contribution in [0.1, 0.15) is 56.6 Å². The summed E-state index contributed by atoms with van der Waals surface area (Å²) < 4.78 is 38.6. The van der Waals surface area contributed by atoms with Gasteiger partial charge in [0.25, 0.3) is 0 Å². The van der Waals surface area contributed by atoms with E-state index in [1.807, 2.05) is 74.5 Å². The number of amides is 2. The Morgan fingerprint density at radius 3 is 1.89 bits per heavy atom. The molecule has 0 radical (unpaired) electrons. The van der Waals surface area contributed by atoms with E-state index in [0.29, 0.717) is 24.9 Å². The molecule has 3 rings (SSSR count). The lowest BCUT2D eigenvalue weighted by molar-refractivity contribution is -0.145. The molecule has 0 aromatic heterocycles. The summed E-state index contributed by atoms with van der Waals surface area (Å²) in [4.78, 5) is 39.1. The number of benzene rings is 3. The summed E-state index contributed by atoms with van der Waals surface area (Å²) in [7, 11) is -1.59. The molecule has 0 bridgehead atoms. The molecule has 2 amide bonds. The van der Waals surface area contributed by atoms with E-state index in [1.165, 1.54) is 42.8 Å². The molecule has 47 heavy (non-hydrogen) atoms. The molecule has 0 heterocycles. The maximum absolute atomic E-state index is 13.8. The summed E-state index contributed by atoms with van der Waals surface area (Å²) in [5, 5.41) is 5.61. The van der Waals surface area contributed by atoms with Crippen LogP contribution < -0.4 is 16.4 Å². The fraction of sp³-hybridized carbons (Fsp3) is 0.400. The molecule has 0 saturated carbocycles. The standard InChI is InChI=1S/C35H46N4O7S/c1-25(2)22-24-39(47(43,44)29-20-18-28(36)19-21-29)30(34(41)45-3)17-11-12-23-37-33(40)32(38-35(42)46-4)31(26-13-7-5-8-14-26)27-15-9-6-10-16-27/h5-10,13-16,18-21,25,30-32H,11-12,17,22-24,36H2,1-4H3,(H,37,40)(H,38,42). The predicted octanol–water partition coefficient (Wildman–Crippen LogP) is 4.69. The molecule has 0 aliphatic heterocycles. The molecule has 3 aromatic rings. The average Bonchev–Trinajstić information content (AvgIpc) is 3.07. The van der Waals surface area contributed by atoms with Crippen molar-refractivity contribution >= 4 is 33.7 Å². The van der Waals surface area contributed by atoms with Crippen LogP contribution in [-0.2, 0) is 29.1 Å². The third kappa shape index (κ3) is 10.5. The largest absolute Gasteiger partial charge is 0.468 e. The maximum Gasteiger partial charge on any atom is 0.407 e. The Morgan fingerprint density at radius 1 is 0.809 bits per heavy atom. The molecule has 0 spiro atoms. The molecule has 0 aliphatic rings. The Morgan fingerprint density at radius 2 is 1.38 bits per heavy atom. The minimum Gasteiger partial charge on any atom is -0.468 e. The second kappa shape index (κ2) is 18.1.